The van der Waals surface area contributed by atoms with Crippen molar-refractivity contribution < 1.29 is 0 Å². The van der Waals surface area contributed by atoms with Crippen molar-refractivity contribution >= 4 is 5.69 Å². The van der Waals surface area contributed by atoms with E-state index in [4.69, 9.17) is 0 Å². The van der Waals surface area contributed by atoms with Crippen LogP contribution in [0, 0.1) is 17.8 Å². The highest BCUT2D eigenvalue weighted by atomic mass is 14.9. The molecule has 0 saturated heterocycles. The molecule has 3 nitrogen and oxygen atoms in total. The molecular weight excluding hydrogens is 234 g/mol. The van der Waals surface area contributed by atoms with E-state index >= 15 is 0 Å². The van der Waals surface area contributed by atoms with Crippen molar-refractivity contribution in [1.29, 1.82) is 0 Å². The number of pyridine rings is 1. The molecule has 0 atom stereocenters. The van der Waals surface area contributed by atoms with Gasteiger partial charge in [-0.2, -0.15) is 0 Å². The lowest BCUT2D eigenvalue weighted by atomic mass is 9.85. The van der Waals surface area contributed by atoms with Gasteiger partial charge in [0.15, 0.2) is 0 Å². The molecule has 1 heterocycles. The summed E-state index contributed by atoms with van der Waals surface area (Å²) in [6.07, 6.45) is 1.88. The molecule has 1 aromatic heterocycles. The minimum absolute atomic E-state index is 0.699. The molecular formula is C16H29N3. The Kier molecular flexibility index (Phi) is 6.85. The van der Waals surface area contributed by atoms with Crippen molar-refractivity contribution in [3.05, 3.63) is 24.0 Å². The maximum Gasteiger partial charge on any atom is 0.0562 e. The maximum atomic E-state index is 4.37. The molecule has 0 aliphatic heterocycles. The summed E-state index contributed by atoms with van der Waals surface area (Å²) in [7, 11) is 0. The first-order chi connectivity index (χ1) is 9.04. The molecule has 1 aromatic rings. The summed E-state index contributed by atoms with van der Waals surface area (Å²) in [4.78, 5) is 4.37. The molecule has 0 amide bonds. The van der Waals surface area contributed by atoms with E-state index in [1.165, 1.54) is 5.69 Å². The van der Waals surface area contributed by atoms with Gasteiger partial charge in [-0.25, -0.2) is 0 Å². The molecule has 0 fully saturated rings. The summed E-state index contributed by atoms with van der Waals surface area (Å²) >= 11 is 0. The first-order valence-corrected chi connectivity index (χ1v) is 7.44. The summed E-state index contributed by atoms with van der Waals surface area (Å²) < 4.78 is 0. The van der Waals surface area contributed by atoms with Crippen molar-refractivity contribution in [3.63, 3.8) is 0 Å². The minimum atomic E-state index is 0.699. The van der Waals surface area contributed by atoms with Crippen LogP contribution in [-0.2, 0) is 6.54 Å². The molecule has 3 heteroatoms. The van der Waals surface area contributed by atoms with Gasteiger partial charge >= 0.3 is 0 Å². The Morgan fingerprint density at radius 3 is 2.42 bits per heavy atom. The summed E-state index contributed by atoms with van der Waals surface area (Å²) in [5.74, 6) is 2.11. The van der Waals surface area contributed by atoms with Crippen molar-refractivity contribution in [1.82, 2.24) is 10.3 Å². The number of aromatic nitrogens is 1. The van der Waals surface area contributed by atoms with Gasteiger partial charge in [-0.05, 0) is 36.4 Å². The van der Waals surface area contributed by atoms with Crippen LogP contribution in [0.25, 0.3) is 0 Å². The fraction of sp³-hybridized carbons (Fsp3) is 0.688. The number of anilines is 1. The van der Waals surface area contributed by atoms with E-state index < -0.39 is 0 Å². The number of hydrogen-bond acceptors (Lipinski definition) is 3. The highest BCUT2D eigenvalue weighted by Gasteiger charge is 2.16. The fourth-order valence-corrected chi connectivity index (χ4v) is 2.41. The van der Waals surface area contributed by atoms with Gasteiger partial charge in [0.2, 0.25) is 0 Å². The van der Waals surface area contributed by atoms with E-state index in [0.717, 1.165) is 25.3 Å². The van der Waals surface area contributed by atoms with Crippen LogP contribution >= 0.6 is 0 Å². The van der Waals surface area contributed by atoms with Crippen LogP contribution in [0.4, 0.5) is 5.69 Å². The highest BCUT2D eigenvalue weighted by Crippen LogP contribution is 2.21. The Bertz CT molecular complexity index is 353. The number of rotatable bonds is 8. The second-order valence-corrected chi connectivity index (χ2v) is 5.85. The van der Waals surface area contributed by atoms with E-state index in [0.29, 0.717) is 17.8 Å². The van der Waals surface area contributed by atoms with Crippen molar-refractivity contribution in [2.45, 2.75) is 41.2 Å². The zero-order chi connectivity index (χ0) is 14.3. The summed E-state index contributed by atoms with van der Waals surface area (Å²) in [5.41, 5.74) is 2.27. The minimum Gasteiger partial charge on any atom is -0.385 e. The van der Waals surface area contributed by atoms with Crippen LogP contribution in [0.15, 0.2) is 18.3 Å². The summed E-state index contributed by atoms with van der Waals surface area (Å²) in [6.45, 7) is 14.2. The zero-order valence-electron chi connectivity index (χ0n) is 13.0. The first-order valence-electron chi connectivity index (χ1n) is 7.44. The molecule has 108 valence electrons. The average molecular weight is 263 g/mol. The lowest BCUT2D eigenvalue weighted by Crippen LogP contribution is -2.24. The van der Waals surface area contributed by atoms with Crippen LogP contribution in [-0.4, -0.2) is 18.1 Å². The second-order valence-electron chi connectivity index (χ2n) is 5.85. The van der Waals surface area contributed by atoms with Crippen LogP contribution < -0.4 is 10.6 Å². The number of nitrogens with zero attached hydrogens (tertiary/aromatic N) is 1. The van der Waals surface area contributed by atoms with Crippen LogP contribution in [0.5, 0.6) is 0 Å². The van der Waals surface area contributed by atoms with Crippen molar-refractivity contribution in [3.8, 4) is 0 Å². The molecule has 19 heavy (non-hydrogen) atoms. The Hall–Kier alpha value is -1.09. The Morgan fingerprint density at radius 1 is 1.16 bits per heavy atom. The Morgan fingerprint density at radius 2 is 1.84 bits per heavy atom. The average Bonchev–Trinajstić information content (AvgIpc) is 2.36. The van der Waals surface area contributed by atoms with Crippen molar-refractivity contribution in [2.24, 2.45) is 17.8 Å². The molecule has 0 spiro atoms. The second kappa shape index (κ2) is 8.16. The van der Waals surface area contributed by atoms with Gasteiger partial charge < -0.3 is 10.6 Å². The molecule has 0 aliphatic carbocycles. The number of nitrogens with one attached hydrogen (secondary N) is 2. The standard InChI is InChI=1S/C16H29N3/c1-6-17-10-15-9-14(7-8-18-15)19-11-16(12(2)3)13(4)5/h7-9,12-13,16-17H,6,10-11H2,1-5H3,(H,18,19). The lowest BCUT2D eigenvalue weighted by molar-refractivity contribution is 0.304. The molecule has 2 N–H and O–H groups in total. The van der Waals surface area contributed by atoms with Crippen LogP contribution in [0.2, 0.25) is 0 Å². The monoisotopic (exact) mass is 263 g/mol. The SMILES string of the molecule is CCNCc1cc(NCC(C(C)C)C(C)C)ccn1. The fourth-order valence-electron chi connectivity index (χ4n) is 2.41. The molecule has 1 rings (SSSR count). The van der Waals surface area contributed by atoms with Crippen LogP contribution in [0.3, 0.4) is 0 Å². The van der Waals surface area contributed by atoms with Crippen LogP contribution in [0.1, 0.15) is 40.3 Å². The summed E-state index contributed by atoms with van der Waals surface area (Å²) in [6, 6.07) is 4.19. The third-order valence-corrected chi connectivity index (χ3v) is 3.63. The maximum absolute atomic E-state index is 4.37. The van der Waals surface area contributed by atoms with E-state index in [1.54, 1.807) is 0 Å². The zero-order valence-corrected chi connectivity index (χ0v) is 13.0. The third kappa shape index (κ3) is 5.60. The molecule has 0 aliphatic rings. The van der Waals surface area contributed by atoms with Gasteiger partial charge in [-0.1, -0.05) is 34.6 Å². The third-order valence-electron chi connectivity index (χ3n) is 3.63. The van der Waals surface area contributed by atoms with Gasteiger partial charge in [-0.3, -0.25) is 4.98 Å². The lowest BCUT2D eigenvalue weighted by Gasteiger charge is -2.25. The predicted molar refractivity (Wildman–Crippen MR) is 83.3 cm³/mol. The quantitative estimate of drug-likeness (QED) is 0.753. The van der Waals surface area contributed by atoms with Gasteiger partial charge in [0.1, 0.15) is 0 Å². The summed E-state index contributed by atoms with van der Waals surface area (Å²) in [5, 5.41) is 6.86. The Labute approximate surface area is 118 Å². The van der Waals surface area contributed by atoms with Gasteiger partial charge in [0, 0.05) is 25.0 Å². The molecule has 0 radical (unpaired) electrons. The van der Waals surface area contributed by atoms with Gasteiger partial charge in [-0.15, -0.1) is 0 Å². The molecule has 0 saturated carbocycles. The van der Waals surface area contributed by atoms with Crippen molar-refractivity contribution in [2.75, 3.05) is 18.4 Å². The molecule has 0 bridgehead atoms. The molecule has 0 unspecified atom stereocenters. The van der Waals surface area contributed by atoms with E-state index in [9.17, 15) is 0 Å². The number of hydrogen-bond donors (Lipinski definition) is 2. The molecule has 0 aromatic carbocycles. The van der Waals surface area contributed by atoms with E-state index in [-0.39, 0.29) is 0 Å². The highest BCUT2D eigenvalue weighted by molar-refractivity contribution is 5.43. The smallest absolute Gasteiger partial charge is 0.0562 e. The van der Waals surface area contributed by atoms with E-state index in [1.807, 2.05) is 12.3 Å². The first kappa shape index (κ1) is 16.0. The largest absolute Gasteiger partial charge is 0.385 e. The van der Waals surface area contributed by atoms with Gasteiger partial charge in [0.25, 0.3) is 0 Å². The van der Waals surface area contributed by atoms with E-state index in [2.05, 4.69) is 56.3 Å². The topological polar surface area (TPSA) is 37.0 Å². The van der Waals surface area contributed by atoms with Gasteiger partial charge in [0.05, 0.1) is 5.69 Å². The Balaban J connectivity index is 2.56. The predicted octanol–water partition coefficient (Wildman–Crippen LogP) is 3.53. The normalized spacial score (nSPS) is 11.6.